The first-order chi connectivity index (χ1) is 13.2. The first-order valence-corrected chi connectivity index (χ1v) is 9.83. The van der Waals surface area contributed by atoms with Gasteiger partial charge in [0, 0.05) is 0 Å². The Labute approximate surface area is 161 Å². The van der Waals surface area contributed by atoms with E-state index >= 15 is 0 Å². The van der Waals surface area contributed by atoms with Gasteiger partial charge in [-0.15, -0.1) is 11.3 Å². The number of aromatic amines is 1. The van der Waals surface area contributed by atoms with Crippen molar-refractivity contribution >= 4 is 23.2 Å². The molecule has 0 bridgehead atoms. The molecule has 2 aromatic heterocycles. The van der Waals surface area contributed by atoms with Crippen molar-refractivity contribution in [2.24, 2.45) is 0 Å². The summed E-state index contributed by atoms with van der Waals surface area (Å²) >= 11 is 1.52. The zero-order chi connectivity index (χ0) is 18.6. The first kappa shape index (κ1) is 17.5. The fraction of sp³-hybridized carbons (Fsp3) is 0.250. The highest BCUT2D eigenvalue weighted by Gasteiger charge is 2.22. The fourth-order valence-electron chi connectivity index (χ4n) is 3.47. The zero-order valence-electron chi connectivity index (χ0n) is 14.7. The lowest BCUT2D eigenvalue weighted by Gasteiger charge is -2.26. The number of nitrogens with zero attached hydrogens (tertiary/aromatic N) is 1. The molecule has 3 N–H and O–H groups in total. The smallest absolute Gasteiger partial charge is 0.255 e. The van der Waals surface area contributed by atoms with Crippen LogP contribution >= 0.6 is 11.3 Å². The Morgan fingerprint density at radius 1 is 1.22 bits per heavy atom. The van der Waals surface area contributed by atoms with Gasteiger partial charge in [-0.3, -0.25) is 14.7 Å². The van der Waals surface area contributed by atoms with Crippen molar-refractivity contribution < 1.29 is 9.59 Å². The van der Waals surface area contributed by atoms with Crippen molar-refractivity contribution in [1.82, 2.24) is 20.8 Å². The van der Waals surface area contributed by atoms with Crippen LogP contribution in [0.5, 0.6) is 0 Å². The molecule has 1 aliphatic carbocycles. The molecule has 2 heterocycles. The maximum Gasteiger partial charge on any atom is 0.255 e. The van der Waals surface area contributed by atoms with E-state index in [0.29, 0.717) is 11.3 Å². The van der Waals surface area contributed by atoms with Gasteiger partial charge in [0.25, 0.3) is 5.91 Å². The van der Waals surface area contributed by atoms with Gasteiger partial charge in [-0.05, 0) is 41.8 Å². The summed E-state index contributed by atoms with van der Waals surface area (Å²) in [5, 5.41) is 14.5. The van der Waals surface area contributed by atoms with Crippen molar-refractivity contribution in [3.8, 4) is 10.6 Å². The number of hydrogen-bond acceptors (Lipinski definition) is 4. The highest BCUT2D eigenvalue weighted by molar-refractivity contribution is 7.13. The van der Waals surface area contributed by atoms with Crippen molar-refractivity contribution in [2.45, 2.75) is 25.3 Å². The predicted molar refractivity (Wildman–Crippen MR) is 104 cm³/mol. The van der Waals surface area contributed by atoms with Crippen LogP contribution in [0.3, 0.4) is 0 Å². The van der Waals surface area contributed by atoms with Gasteiger partial charge in [0.1, 0.15) is 0 Å². The number of aromatic nitrogens is 2. The number of nitrogens with one attached hydrogen (secondary N) is 3. The number of aryl methyl sites for hydroxylation is 1. The van der Waals surface area contributed by atoms with Crippen LogP contribution in [0.1, 0.15) is 40.4 Å². The van der Waals surface area contributed by atoms with Crippen molar-refractivity contribution in [3.63, 3.8) is 0 Å². The van der Waals surface area contributed by atoms with Crippen LogP contribution < -0.4 is 10.6 Å². The molecule has 4 rings (SSSR count). The van der Waals surface area contributed by atoms with E-state index in [1.54, 1.807) is 0 Å². The molecule has 0 saturated heterocycles. The molecular formula is C20H20N4O2S. The van der Waals surface area contributed by atoms with Crippen molar-refractivity contribution in [1.29, 1.82) is 0 Å². The summed E-state index contributed by atoms with van der Waals surface area (Å²) in [6.45, 7) is -0.0629. The molecular weight excluding hydrogens is 360 g/mol. The number of benzene rings is 1. The van der Waals surface area contributed by atoms with Crippen molar-refractivity contribution in [3.05, 3.63) is 64.7 Å². The molecule has 0 saturated carbocycles. The Bertz CT molecular complexity index is 949. The lowest BCUT2D eigenvalue weighted by atomic mass is 9.88. The van der Waals surface area contributed by atoms with Gasteiger partial charge in [-0.1, -0.05) is 30.3 Å². The second kappa shape index (κ2) is 7.75. The molecule has 1 unspecified atom stereocenters. The molecule has 3 aromatic rings. The van der Waals surface area contributed by atoms with E-state index in [2.05, 4.69) is 33.0 Å². The van der Waals surface area contributed by atoms with Crippen molar-refractivity contribution in [2.75, 3.05) is 6.54 Å². The number of hydrogen-bond donors (Lipinski definition) is 3. The highest BCUT2D eigenvalue weighted by Crippen LogP contribution is 2.29. The summed E-state index contributed by atoms with van der Waals surface area (Å²) in [5.74, 6) is -0.502. The number of carbonyl (C=O) groups excluding carboxylic acids is 2. The van der Waals surface area contributed by atoms with E-state index in [0.717, 1.165) is 24.1 Å². The van der Waals surface area contributed by atoms with E-state index < -0.39 is 0 Å². The summed E-state index contributed by atoms with van der Waals surface area (Å²) < 4.78 is 0. The second-order valence-corrected chi connectivity index (χ2v) is 7.48. The molecule has 0 aliphatic heterocycles. The molecule has 1 aromatic carbocycles. The SMILES string of the molecule is O=C(CNC(=O)c1cn[nH]c1-c1cccs1)NC1CCCc2ccccc21. The number of fused-ring (bicyclic) bond motifs is 1. The van der Waals surface area contributed by atoms with Gasteiger partial charge in [0.05, 0.1) is 34.9 Å². The van der Waals surface area contributed by atoms with E-state index in [4.69, 9.17) is 0 Å². The monoisotopic (exact) mass is 380 g/mol. The van der Waals surface area contributed by atoms with E-state index in [1.165, 1.54) is 28.7 Å². The van der Waals surface area contributed by atoms with Crippen LogP contribution in [0.4, 0.5) is 0 Å². The van der Waals surface area contributed by atoms with Gasteiger partial charge < -0.3 is 10.6 Å². The third kappa shape index (κ3) is 3.78. The van der Waals surface area contributed by atoms with E-state index in [-0.39, 0.29) is 24.4 Å². The molecule has 27 heavy (non-hydrogen) atoms. The van der Waals surface area contributed by atoms with E-state index in [9.17, 15) is 9.59 Å². The first-order valence-electron chi connectivity index (χ1n) is 8.95. The third-order valence-electron chi connectivity index (χ3n) is 4.77. The summed E-state index contributed by atoms with van der Waals surface area (Å²) in [7, 11) is 0. The molecule has 7 heteroatoms. The Morgan fingerprint density at radius 2 is 2.11 bits per heavy atom. The fourth-order valence-corrected chi connectivity index (χ4v) is 4.21. The Balaban J connectivity index is 1.37. The average molecular weight is 380 g/mol. The summed E-state index contributed by atoms with van der Waals surface area (Å²) in [4.78, 5) is 25.8. The van der Waals surface area contributed by atoms with Gasteiger partial charge in [0.2, 0.25) is 5.91 Å². The Kier molecular flexibility index (Phi) is 5.02. The minimum atomic E-state index is -0.314. The predicted octanol–water partition coefficient (Wildman–Crippen LogP) is 3.06. The van der Waals surface area contributed by atoms with Gasteiger partial charge >= 0.3 is 0 Å². The molecule has 6 nitrogen and oxygen atoms in total. The highest BCUT2D eigenvalue weighted by atomic mass is 32.1. The molecule has 1 aliphatic rings. The average Bonchev–Trinajstić information content (AvgIpc) is 3.37. The minimum absolute atomic E-state index is 0.00922. The maximum absolute atomic E-state index is 12.5. The van der Waals surface area contributed by atoms with Crippen LogP contribution in [0, 0.1) is 0 Å². The minimum Gasteiger partial charge on any atom is -0.348 e. The van der Waals surface area contributed by atoms with Crippen LogP contribution in [-0.4, -0.2) is 28.6 Å². The molecule has 0 radical (unpaired) electrons. The summed E-state index contributed by atoms with van der Waals surface area (Å²) in [6, 6.07) is 12.0. The molecule has 138 valence electrons. The number of carbonyl (C=O) groups is 2. The topological polar surface area (TPSA) is 86.9 Å². The zero-order valence-corrected chi connectivity index (χ0v) is 15.5. The number of amides is 2. The van der Waals surface area contributed by atoms with Gasteiger partial charge in [0.15, 0.2) is 0 Å². The molecule has 0 spiro atoms. The largest absolute Gasteiger partial charge is 0.348 e. The molecule has 0 fully saturated rings. The second-order valence-electron chi connectivity index (χ2n) is 6.53. The Morgan fingerprint density at radius 3 is 2.96 bits per heavy atom. The van der Waals surface area contributed by atoms with Crippen LogP contribution in [0.2, 0.25) is 0 Å². The van der Waals surface area contributed by atoms with Crippen LogP contribution in [0.25, 0.3) is 10.6 Å². The van der Waals surface area contributed by atoms with Crippen LogP contribution in [-0.2, 0) is 11.2 Å². The van der Waals surface area contributed by atoms with Gasteiger partial charge in [-0.2, -0.15) is 5.10 Å². The number of thiophene rings is 1. The summed E-state index contributed by atoms with van der Waals surface area (Å²) in [5.41, 5.74) is 3.58. The number of H-pyrrole nitrogens is 1. The molecule has 1 atom stereocenters. The van der Waals surface area contributed by atoms with E-state index in [1.807, 2.05) is 29.6 Å². The normalized spacial score (nSPS) is 15.8. The lowest BCUT2D eigenvalue weighted by molar-refractivity contribution is -0.121. The van der Waals surface area contributed by atoms with Gasteiger partial charge in [-0.25, -0.2) is 0 Å². The third-order valence-corrected chi connectivity index (χ3v) is 5.65. The maximum atomic E-state index is 12.5. The summed E-state index contributed by atoms with van der Waals surface area (Å²) in [6.07, 6.45) is 4.50. The number of rotatable bonds is 5. The van der Waals surface area contributed by atoms with Crippen LogP contribution in [0.15, 0.2) is 48.0 Å². The standard InChI is InChI=1S/C20H20N4O2S/c25-18(23-16-8-3-6-13-5-1-2-7-14(13)16)12-21-20(26)15-11-22-24-19(15)17-9-4-10-27-17/h1-2,4-5,7,9-11,16H,3,6,8,12H2,(H,21,26)(H,22,24)(H,23,25). The lowest BCUT2D eigenvalue weighted by Crippen LogP contribution is -2.39. The Hall–Kier alpha value is -2.93. The quantitative estimate of drug-likeness (QED) is 0.636. The molecule has 2 amide bonds.